The van der Waals surface area contributed by atoms with Crippen LogP contribution in [0.4, 0.5) is 0 Å². The highest BCUT2D eigenvalue weighted by Crippen LogP contribution is 2.34. The Balaban J connectivity index is 2.78. The molecule has 0 aliphatic carbocycles. The fourth-order valence-electron chi connectivity index (χ4n) is 1.36. The zero-order valence-corrected chi connectivity index (χ0v) is 9.58. The van der Waals surface area contributed by atoms with Crippen molar-refractivity contribution >= 4 is 37.4 Å². The normalized spacial score (nSPS) is 11.0. The van der Waals surface area contributed by atoms with Crippen LogP contribution in [0.1, 0.15) is 10.4 Å². The minimum Gasteiger partial charge on any atom is -0.392 e. The number of halogens is 1. The summed E-state index contributed by atoms with van der Waals surface area (Å²) in [5, 5.41) is 10.3. The van der Waals surface area contributed by atoms with Gasteiger partial charge in [0.2, 0.25) is 0 Å². The Morgan fingerprint density at radius 2 is 2.23 bits per heavy atom. The molecule has 13 heavy (non-hydrogen) atoms. The van der Waals surface area contributed by atoms with Crippen LogP contribution in [0.3, 0.4) is 0 Å². The topological polar surface area (TPSA) is 20.2 Å². The molecular weight excluding hydrogens is 248 g/mol. The molecule has 0 atom stereocenters. The quantitative estimate of drug-likeness (QED) is 0.829. The third kappa shape index (κ3) is 1.52. The Hall–Kier alpha value is -0.380. The summed E-state index contributed by atoms with van der Waals surface area (Å²) in [6.07, 6.45) is 0. The van der Waals surface area contributed by atoms with Crippen molar-refractivity contribution in [1.82, 2.24) is 0 Å². The van der Waals surface area contributed by atoms with E-state index in [-0.39, 0.29) is 6.61 Å². The molecule has 68 valence electrons. The number of aliphatic hydroxyl groups is 1. The van der Waals surface area contributed by atoms with Crippen molar-refractivity contribution in [2.24, 2.45) is 0 Å². The van der Waals surface area contributed by atoms with E-state index in [2.05, 4.69) is 35.0 Å². The van der Waals surface area contributed by atoms with Crippen LogP contribution < -0.4 is 0 Å². The largest absolute Gasteiger partial charge is 0.392 e. The van der Waals surface area contributed by atoms with Crippen molar-refractivity contribution in [1.29, 1.82) is 0 Å². The number of benzene rings is 1. The van der Waals surface area contributed by atoms with E-state index >= 15 is 0 Å². The molecule has 0 aliphatic rings. The highest BCUT2D eigenvalue weighted by atomic mass is 79.9. The number of thiophene rings is 1. The van der Waals surface area contributed by atoms with Crippen LogP contribution in [0, 0.1) is 6.92 Å². The zero-order valence-electron chi connectivity index (χ0n) is 7.17. The first-order valence-corrected chi connectivity index (χ1v) is 5.61. The van der Waals surface area contributed by atoms with Crippen molar-refractivity contribution in [2.45, 2.75) is 13.5 Å². The van der Waals surface area contributed by atoms with Crippen LogP contribution in [-0.2, 0) is 6.61 Å². The standard InChI is InChI=1S/C10H9BrOS/c1-6-4-7-2-3-8(5-12)9(11)10(7)13-6/h2-4,12H,5H2,1H3. The Kier molecular flexibility index (Phi) is 2.41. The molecule has 2 aromatic rings. The molecule has 1 aromatic carbocycles. The molecule has 0 amide bonds. The first kappa shape index (κ1) is 9.19. The average molecular weight is 257 g/mol. The number of aliphatic hydroxyl groups excluding tert-OH is 1. The molecule has 1 nitrogen and oxygen atoms in total. The molecule has 0 bridgehead atoms. The third-order valence-corrected chi connectivity index (χ3v) is 4.25. The van der Waals surface area contributed by atoms with Gasteiger partial charge in [0.15, 0.2) is 0 Å². The van der Waals surface area contributed by atoms with E-state index in [1.54, 1.807) is 11.3 Å². The molecule has 0 aliphatic heterocycles. The van der Waals surface area contributed by atoms with Gasteiger partial charge in [-0.25, -0.2) is 0 Å². The fraction of sp³-hybridized carbons (Fsp3) is 0.200. The number of hydrogen-bond donors (Lipinski definition) is 1. The van der Waals surface area contributed by atoms with E-state index in [0.717, 1.165) is 10.0 Å². The fourth-order valence-corrected chi connectivity index (χ4v) is 3.06. The van der Waals surface area contributed by atoms with Gasteiger partial charge in [0.25, 0.3) is 0 Å². The highest BCUT2D eigenvalue weighted by Gasteiger charge is 2.06. The minimum absolute atomic E-state index is 0.0907. The summed E-state index contributed by atoms with van der Waals surface area (Å²) in [5.74, 6) is 0. The molecule has 0 saturated carbocycles. The molecule has 0 fully saturated rings. The van der Waals surface area contributed by atoms with Gasteiger partial charge in [-0.2, -0.15) is 0 Å². The summed E-state index contributed by atoms with van der Waals surface area (Å²) >= 11 is 5.26. The lowest BCUT2D eigenvalue weighted by Gasteiger charge is -2.00. The van der Waals surface area contributed by atoms with Crippen molar-refractivity contribution in [3.63, 3.8) is 0 Å². The molecular formula is C10H9BrOS. The van der Waals surface area contributed by atoms with Crippen molar-refractivity contribution in [3.8, 4) is 0 Å². The molecule has 1 heterocycles. The van der Waals surface area contributed by atoms with Crippen LogP contribution in [0.15, 0.2) is 22.7 Å². The van der Waals surface area contributed by atoms with Gasteiger partial charge in [0.1, 0.15) is 0 Å². The van der Waals surface area contributed by atoms with Gasteiger partial charge in [-0.15, -0.1) is 11.3 Å². The number of aryl methyl sites for hydroxylation is 1. The lowest BCUT2D eigenvalue weighted by atomic mass is 10.2. The smallest absolute Gasteiger partial charge is 0.0693 e. The van der Waals surface area contributed by atoms with Crippen molar-refractivity contribution in [2.75, 3.05) is 0 Å². The Bertz CT molecular complexity index is 447. The predicted molar refractivity (Wildman–Crippen MR) is 60.2 cm³/mol. The molecule has 1 aromatic heterocycles. The maximum Gasteiger partial charge on any atom is 0.0693 e. The van der Waals surface area contributed by atoms with Gasteiger partial charge < -0.3 is 5.11 Å². The Labute approximate surface area is 89.1 Å². The monoisotopic (exact) mass is 256 g/mol. The van der Waals surface area contributed by atoms with E-state index in [9.17, 15) is 0 Å². The minimum atomic E-state index is 0.0907. The van der Waals surface area contributed by atoms with Crippen LogP contribution in [0.25, 0.3) is 10.1 Å². The van der Waals surface area contributed by atoms with Gasteiger partial charge in [0.05, 0.1) is 6.61 Å². The Morgan fingerprint density at radius 3 is 2.92 bits per heavy atom. The Morgan fingerprint density at radius 1 is 1.46 bits per heavy atom. The summed E-state index contributed by atoms with van der Waals surface area (Å²) in [4.78, 5) is 1.30. The maximum atomic E-state index is 9.06. The molecule has 1 N–H and O–H groups in total. The van der Waals surface area contributed by atoms with E-state index in [1.165, 1.54) is 15.0 Å². The summed E-state index contributed by atoms with van der Waals surface area (Å²) < 4.78 is 2.26. The predicted octanol–water partition coefficient (Wildman–Crippen LogP) is 3.46. The van der Waals surface area contributed by atoms with Crippen molar-refractivity contribution < 1.29 is 5.11 Å². The molecule has 0 spiro atoms. The molecule has 2 rings (SSSR count). The van der Waals surface area contributed by atoms with E-state index in [0.29, 0.717) is 0 Å². The van der Waals surface area contributed by atoms with Crippen LogP contribution in [0.5, 0.6) is 0 Å². The van der Waals surface area contributed by atoms with Gasteiger partial charge in [-0.05, 0) is 39.9 Å². The zero-order chi connectivity index (χ0) is 9.42. The first-order chi connectivity index (χ1) is 6.22. The number of hydrogen-bond acceptors (Lipinski definition) is 2. The van der Waals surface area contributed by atoms with Crippen molar-refractivity contribution in [3.05, 3.63) is 33.1 Å². The first-order valence-electron chi connectivity index (χ1n) is 4.01. The number of rotatable bonds is 1. The van der Waals surface area contributed by atoms with Crippen LogP contribution in [-0.4, -0.2) is 5.11 Å². The highest BCUT2D eigenvalue weighted by molar-refractivity contribution is 9.10. The van der Waals surface area contributed by atoms with Gasteiger partial charge in [-0.1, -0.05) is 12.1 Å². The van der Waals surface area contributed by atoms with Gasteiger partial charge in [0, 0.05) is 14.0 Å². The lowest BCUT2D eigenvalue weighted by molar-refractivity contribution is 0.281. The van der Waals surface area contributed by atoms with E-state index < -0.39 is 0 Å². The summed E-state index contributed by atoms with van der Waals surface area (Å²) in [5.41, 5.74) is 0.953. The molecule has 0 unspecified atom stereocenters. The lowest BCUT2D eigenvalue weighted by Crippen LogP contribution is -1.83. The molecule has 0 saturated heterocycles. The molecule has 3 heteroatoms. The van der Waals surface area contributed by atoms with Crippen LogP contribution in [0.2, 0.25) is 0 Å². The second-order valence-electron chi connectivity index (χ2n) is 2.97. The molecule has 0 radical (unpaired) electrons. The second-order valence-corrected chi connectivity index (χ2v) is 5.02. The summed E-state index contributed by atoms with van der Waals surface area (Å²) in [6, 6.07) is 6.17. The van der Waals surface area contributed by atoms with Gasteiger partial charge in [-0.3, -0.25) is 0 Å². The second kappa shape index (κ2) is 3.40. The number of fused-ring (bicyclic) bond motifs is 1. The summed E-state index contributed by atoms with van der Waals surface area (Å²) in [6.45, 7) is 2.18. The SMILES string of the molecule is Cc1cc2ccc(CO)c(Br)c2s1. The third-order valence-electron chi connectivity index (χ3n) is 2.00. The average Bonchev–Trinajstić information content (AvgIpc) is 2.47. The van der Waals surface area contributed by atoms with E-state index in [1.807, 2.05) is 6.07 Å². The van der Waals surface area contributed by atoms with Gasteiger partial charge >= 0.3 is 0 Å². The summed E-state index contributed by atoms with van der Waals surface area (Å²) in [7, 11) is 0. The van der Waals surface area contributed by atoms with E-state index in [4.69, 9.17) is 5.11 Å². The van der Waals surface area contributed by atoms with Crippen LogP contribution >= 0.6 is 27.3 Å². The maximum absolute atomic E-state index is 9.06.